The fraction of sp³-hybridized carbons (Fsp3) is 0.233. The summed E-state index contributed by atoms with van der Waals surface area (Å²) in [6.45, 7) is 1.10. The number of hydrogen-bond acceptors (Lipinski definition) is 7. The number of nitrogens with zero attached hydrogens (tertiary/aromatic N) is 6. The molecule has 10 nitrogen and oxygen atoms in total. The van der Waals surface area contributed by atoms with Crippen LogP contribution in [0.1, 0.15) is 39.6 Å². The van der Waals surface area contributed by atoms with E-state index >= 15 is 8.78 Å². The average molecular weight is 571 g/mol. The molecule has 1 aliphatic heterocycles. The van der Waals surface area contributed by atoms with Gasteiger partial charge in [-0.05, 0) is 48.4 Å². The molecule has 3 aromatic heterocycles. The second-order valence-electron chi connectivity index (χ2n) is 9.94. The van der Waals surface area contributed by atoms with Crippen LogP contribution in [0.3, 0.4) is 0 Å². The van der Waals surface area contributed by atoms with Crippen molar-refractivity contribution in [1.29, 1.82) is 5.26 Å². The number of carboxylic acid groups (broad SMARTS) is 1. The van der Waals surface area contributed by atoms with E-state index in [9.17, 15) is 9.90 Å². The van der Waals surface area contributed by atoms with E-state index in [1.165, 1.54) is 16.8 Å². The van der Waals surface area contributed by atoms with Crippen LogP contribution in [0.25, 0.3) is 22.3 Å². The normalized spacial score (nSPS) is 14.5. The van der Waals surface area contributed by atoms with Gasteiger partial charge in [-0.25, -0.2) is 23.5 Å². The van der Waals surface area contributed by atoms with E-state index in [0.717, 1.165) is 18.6 Å². The molecular weight excluding hydrogens is 546 g/mol. The molecule has 0 aliphatic carbocycles. The smallest absolute Gasteiger partial charge is 0.335 e. The molecule has 5 aromatic rings. The third-order valence-corrected chi connectivity index (χ3v) is 7.15. The van der Waals surface area contributed by atoms with Crippen molar-refractivity contribution >= 4 is 17.0 Å². The van der Waals surface area contributed by atoms with Crippen LogP contribution in [0.5, 0.6) is 5.88 Å². The fourth-order valence-electron chi connectivity index (χ4n) is 4.86. The van der Waals surface area contributed by atoms with Crippen molar-refractivity contribution in [3.63, 3.8) is 0 Å². The Hall–Kier alpha value is -5.15. The average Bonchev–Trinajstić information content (AvgIpc) is 3.49. The molecular formula is C30H24F2N6O4. The largest absolute Gasteiger partial charge is 0.478 e. The quantitative estimate of drug-likeness (QED) is 0.272. The summed E-state index contributed by atoms with van der Waals surface area (Å²) in [6, 6.07) is 15.2. The van der Waals surface area contributed by atoms with Gasteiger partial charge < -0.3 is 19.1 Å². The van der Waals surface area contributed by atoms with Crippen LogP contribution < -0.4 is 4.74 Å². The van der Waals surface area contributed by atoms with E-state index < -0.39 is 17.6 Å². The summed E-state index contributed by atoms with van der Waals surface area (Å²) < 4.78 is 45.4. The Morgan fingerprint density at radius 1 is 1.17 bits per heavy atom. The first-order valence-electron chi connectivity index (χ1n) is 13.1. The number of hydrogen-bond donors (Lipinski definition) is 1. The number of carbonyl (C=O) groups is 1. The van der Waals surface area contributed by atoms with E-state index in [1.807, 2.05) is 10.6 Å². The molecule has 0 amide bonds. The maximum absolute atomic E-state index is 15.4. The maximum atomic E-state index is 15.4. The Morgan fingerprint density at radius 2 is 2.00 bits per heavy atom. The molecule has 0 spiro atoms. The van der Waals surface area contributed by atoms with Crippen LogP contribution in [0.4, 0.5) is 8.78 Å². The van der Waals surface area contributed by atoms with Crippen molar-refractivity contribution in [3.05, 3.63) is 94.6 Å². The van der Waals surface area contributed by atoms with Gasteiger partial charge in [0.15, 0.2) is 0 Å². The van der Waals surface area contributed by atoms with Gasteiger partial charge in [0.1, 0.15) is 41.5 Å². The Bertz CT molecular complexity index is 1870. The first kappa shape index (κ1) is 27.0. The number of rotatable bonds is 9. The molecule has 1 atom stereocenters. The molecule has 1 aliphatic rings. The zero-order valence-electron chi connectivity index (χ0n) is 22.4. The Labute approximate surface area is 238 Å². The fourth-order valence-corrected chi connectivity index (χ4v) is 4.86. The molecule has 6 rings (SSSR count). The summed E-state index contributed by atoms with van der Waals surface area (Å²) in [6.07, 6.45) is 0.761. The summed E-state index contributed by atoms with van der Waals surface area (Å²) >= 11 is 0. The topological polar surface area (TPSA) is 128 Å². The number of pyridine rings is 1. The van der Waals surface area contributed by atoms with Crippen LogP contribution in [-0.4, -0.2) is 48.1 Å². The number of nitriles is 1. The molecule has 12 heteroatoms. The maximum Gasteiger partial charge on any atom is 0.335 e. The van der Waals surface area contributed by atoms with Crippen molar-refractivity contribution in [2.45, 2.75) is 32.1 Å². The van der Waals surface area contributed by atoms with Crippen LogP contribution >= 0.6 is 0 Å². The zero-order chi connectivity index (χ0) is 29.4. The number of carboxylic acids is 1. The van der Waals surface area contributed by atoms with Gasteiger partial charge in [0.25, 0.3) is 0 Å². The lowest BCUT2D eigenvalue weighted by Gasteiger charge is -2.27. The second-order valence-corrected chi connectivity index (χ2v) is 9.94. The third kappa shape index (κ3) is 5.29. The minimum atomic E-state index is -1.07. The molecule has 0 radical (unpaired) electrons. The SMILES string of the molecule is Cn1nc(COc2cccc(-c3cc(F)c(Cc4nc5ccc(C(=O)O)cc5n4CC4CCO4)cc3F)n2)cc1C#N. The lowest BCUT2D eigenvalue weighted by atomic mass is 10.0. The molecule has 212 valence electrons. The molecule has 2 aromatic carbocycles. The highest BCUT2D eigenvalue weighted by molar-refractivity contribution is 5.92. The first-order valence-corrected chi connectivity index (χ1v) is 13.1. The number of aryl methyl sites for hydroxylation is 1. The third-order valence-electron chi connectivity index (χ3n) is 7.15. The number of halogens is 2. The van der Waals surface area contributed by atoms with E-state index in [1.54, 1.807) is 37.4 Å². The molecule has 1 unspecified atom stereocenters. The summed E-state index contributed by atoms with van der Waals surface area (Å²) in [7, 11) is 1.65. The number of imidazole rings is 1. The van der Waals surface area contributed by atoms with Crippen molar-refractivity contribution in [2.75, 3.05) is 6.61 Å². The lowest BCUT2D eigenvalue weighted by molar-refractivity contribution is -0.0589. The van der Waals surface area contributed by atoms with Crippen molar-refractivity contribution < 1.29 is 28.2 Å². The Morgan fingerprint density at radius 3 is 2.71 bits per heavy atom. The molecule has 1 fully saturated rings. The number of benzene rings is 2. The van der Waals surface area contributed by atoms with Gasteiger partial charge in [-0.3, -0.25) is 4.68 Å². The van der Waals surface area contributed by atoms with Crippen LogP contribution in [0.15, 0.2) is 54.6 Å². The predicted octanol–water partition coefficient (Wildman–Crippen LogP) is 4.64. The molecule has 0 saturated carbocycles. The van der Waals surface area contributed by atoms with Gasteiger partial charge in [-0.1, -0.05) is 6.07 Å². The number of fused-ring (bicyclic) bond motifs is 1. The van der Waals surface area contributed by atoms with Crippen LogP contribution in [0.2, 0.25) is 0 Å². The van der Waals surface area contributed by atoms with E-state index in [0.29, 0.717) is 41.4 Å². The summed E-state index contributed by atoms with van der Waals surface area (Å²) in [4.78, 5) is 20.5. The van der Waals surface area contributed by atoms with E-state index in [2.05, 4.69) is 15.1 Å². The Balaban J connectivity index is 1.26. The molecule has 0 bridgehead atoms. The van der Waals surface area contributed by atoms with Gasteiger partial charge >= 0.3 is 5.97 Å². The van der Waals surface area contributed by atoms with Gasteiger partial charge in [0, 0.05) is 37.8 Å². The van der Waals surface area contributed by atoms with Crippen LogP contribution in [0, 0.1) is 23.0 Å². The molecule has 4 heterocycles. The standard InChI is InChI=1S/C30H24F2N6O4/c1-37-20(14-33)12-19(36-37)16-42-29-4-2-3-25(35-29)22-13-23(31)18(9-24(22)32)11-28-34-26-6-5-17(30(39)40)10-27(26)38(28)15-21-7-8-41-21/h2-6,9-10,12-13,21H,7-8,11,15-16H2,1H3,(H,39,40). The molecule has 1 N–H and O–H groups in total. The van der Waals surface area contributed by atoms with Gasteiger partial charge in [0.2, 0.25) is 5.88 Å². The van der Waals surface area contributed by atoms with E-state index in [4.69, 9.17) is 14.7 Å². The summed E-state index contributed by atoms with van der Waals surface area (Å²) in [5.41, 5.74) is 2.41. The first-order chi connectivity index (χ1) is 20.3. The van der Waals surface area contributed by atoms with Crippen LogP contribution in [-0.2, 0) is 31.4 Å². The summed E-state index contributed by atoms with van der Waals surface area (Å²) in [5.74, 6) is -1.72. The number of ether oxygens (including phenoxy) is 2. The van der Waals surface area contributed by atoms with Gasteiger partial charge in [-0.15, -0.1) is 0 Å². The van der Waals surface area contributed by atoms with Gasteiger partial charge in [0.05, 0.1) is 34.9 Å². The monoisotopic (exact) mass is 570 g/mol. The van der Waals surface area contributed by atoms with Crippen molar-refractivity contribution in [3.8, 4) is 23.2 Å². The minimum absolute atomic E-state index is 0.0157. The highest BCUT2D eigenvalue weighted by atomic mass is 19.1. The number of aromatic carboxylic acids is 1. The molecule has 1 saturated heterocycles. The van der Waals surface area contributed by atoms with Crippen molar-refractivity contribution in [1.82, 2.24) is 24.3 Å². The summed E-state index contributed by atoms with van der Waals surface area (Å²) in [5, 5.41) is 22.7. The lowest BCUT2D eigenvalue weighted by Crippen LogP contribution is -2.31. The van der Waals surface area contributed by atoms with Gasteiger partial charge in [-0.2, -0.15) is 10.4 Å². The predicted molar refractivity (Wildman–Crippen MR) is 146 cm³/mol. The second kappa shape index (κ2) is 11.0. The highest BCUT2D eigenvalue weighted by Crippen LogP contribution is 2.29. The Kier molecular flexibility index (Phi) is 7.10. The zero-order valence-corrected chi connectivity index (χ0v) is 22.4. The van der Waals surface area contributed by atoms with Crippen molar-refractivity contribution in [2.24, 2.45) is 7.05 Å². The highest BCUT2D eigenvalue weighted by Gasteiger charge is 2.23. The van der Waals surface area contributed by atoms with E-state index in [-0.39, 0.29) is 47.4 Å². The minimum Gasteiger partial charge on any atom is -0.478 e. The number of aromatic nitrogens is 5. The molecule has 42 heavy (non-hydrogen) atoms.